The van der Waals surface area contributed by atoms with Crippen molar-refractivity contribution in [1.82, 2.24) is 4.98 Å². The SMILES string of the molecule is COc1ccc(OC(=O)Cc2csc(NC(=O)Cc3cccs3)n2)c([N+](=O)[O-])c1. The van der Waals surface area contributed by atoms with E-state index in [0.29, 0.717) is 10.8 Å². The van der Waals surface area contributed by atoms with Crippen molar-refractivity contribution >= 4 is 45.4 Å². The predicted octanol–water partition coefficient (Wildman–Crippen LogP) is 3.45. The van der Waals surface area contributed by atoms with E-state index in [1.807, 2.05) is 17.5 Å². The van der Waals surface area contributed by atoms with Crippen LogP contribution in [0.2, 0.25) is 0 Å². The molecule has 0 saturated heterocycles. The number of benzene rings is 1. The lowest BCUT2D eigenvalue weighted by Gasteiger charge is -2.06. The van der Waals surface area contributed by atoms with Gasteiger partial charge in [0.2, 0.25) is 11.7 Å². The number of rotatable bonds is 8. The second-order valence-corrected chi connectivity index (χ2v) is 7.58. The number of thiazole rings is 1. The molecule has 3 aromatic rings. The van der Waals surface area contributed by atoms with E-state index in [-0.39, 0.29) is 35.9 Å². The zero-order chi connectivity index (χ0) is 20.8. The van der Waals surface area contributed by atoms with Crippen LogP contribution in [0.25, 0.3) is 0 Å². The Labute approximate surface area is 173 Å². The smallest absolute Gasteiger partial charge is 0.317 e. The molecule has 0 bridgehead atoms. The number of methoxy groups -OCH3 is 1. The van der Waals surface area contributed by atoms with Gasteiger partial charge in [-0.25, -0.2) is 4.98 Å². The number of ether oxygens (including phenoxy) is 2. The molecule has 2 aromatic heterocycles. The van der Waals surface area contributed by atoms with Gasteiger partial charge in [-0.15, -0.1) is 22.7 Å². The summed E-state index contributed by atoms with van der Waals surface area (Å²) in [5.41, 5.74) is 0.0140. The van der Waals surface area contributed by atoms with Gasteiger partial charge in [0.1, 0.15) is 5.75 Å². The Bertz CT molecular complexity index is 1030. The number of thiophene rings is 1. The molecule has 1 aromatic carbocycles. The molecule has 150 valence electrons. The summed E-state index contributed by atoms with van der Waals surface area (Å²) in [4.78, 5) is 39.8. The van der Waals surface area contributed by atoms with Crippen LogP contribution in [0.4, 0.5) is 10.8 Å². The van der Waals surface area contributed by atoms with Crippen LogP contribution in [0.5, 0.6) is 11.5 Å². The van der Waals surface area contributed by atoms with Crippen molar-refractivity contribution in [1.29, 1.82) is 0 Å². The summed E-state index contributed by atoms with van der Waals surface area (Å²) < 4.78 is 10.1. The van der Waals surface area contributed by atoms with Crippen LogP contribution < -0.4 is 14.8 Å². The Morgan fingerprint density at radius 1 is 1.24 bits per heavy atom. The number of esters is 1. The molecule has 9 nitrogen and oxygen atoms in total. The predicted molar refractivity (Wildman–Crippen MR) is 108 cm³/mol. The van der Waals surface area contributed by atoms with Gasteiger partial charge in [0, 0.05) is 10.3 Å². The molecule has 0 aliphatic heterocycles. The largest absolute Gasteiger partial charge is 0.496 e. The zero-order valence-corrected chi connectivity index (χ0v) is 16.7. The lowest BCUT2D eigenvalue weighted by Crippen LogP contribution is -2.14. The highest BCUT2D eigenvalue weighted by atomic mass is 32.1. The monoisotopic (exact) mass is 433 g/mol. The van der Waals surface area contributed by atoms with Gasteiger partial charge in [-0.1, -0.05) is 6.07 Å². The molecular weight excluding hydrogens is 418 g/mol. The third-order valence-electron chi connectivity index (χ3n) is 3.63. The van der Waals surface area contributed by atoms with Crippen molar-refractivity contribution in [2.45, 2.75) is 12.8 Å². The van der Waals surface area contributed by atoms with Gasteiger partial charge >= 0.3 is 11.7 Å². The first-order valence-corrected chi connectivity index (χ1v) is 10.0. The Hall–Kier alpha value is -3.31. The molecule has 2 heterocycles. The number of nitro groups is 1. The van der Waals surface area contributed by atoms with Crippen LogP contribution in [0.3, 0.4) is 0 Å². The molecule has 0 saturated carbocycles. The first-order valence-electron chi connectivity index (χ1n) is 8.24. The molecule has 1 amide bonds. The molecule has 0 spiro atoms. The Kier molecular flexibility index (Phi) is 6.52. The average Bonchev–Trinajstić information content (AvgIpc) is 3.34. The van der Waals surface area contributed by atoms with Crippen LogP contribution in [-0.4, -0.2) is 28.9 Å². The highest BCUT2D eigenvalue weighted by molar-refractivity contribution is 7.14. The highest BCUT2D eigenvalue weighted by Gasteiger charge is 2.20. The summed E-state index contributed by atoms with van der Waals surface area (Å²) in [7, 11) is 1.38. The summed E-state index contributed by atoms with van der Waals surface area (Å²) in [6, 6.07) is 7.66. The minimum atomic E-state index is -0.708. The molecule has 0 atom stereocenters. The van der Waals surface area contributed by atoms with Crippen molar-refractivity contribution in [3.8, 4) is 11.5 Å². The molecule has 0 aliphatic carbocycles. The molecule has 11 heteroatoms. The van der Waals surface area contributed by atoms with Gasteiger partial charge in [-0.05, 0) is 23.6 Å². The van der Waals surface area contributed by atoms with Gasteiger partial charge in [0.15, 0.2) is 5.13 Å². The van der Waals surface area contributed by atoms with E-state index < -0.39 is 10.9 Å². The minimum absolute atomic E-state index is 0.180. The number of hydrogen-bond acceptors (Lipinski definition) is 9. The van der Waals surface area contributed by atoms with Crippen LogP contribution in [0.15, 0.2) is 41.1 Å². The number of carbonyl (C=O) groups is 2. The maximum absolute atomic E-state index is 12.2. The lowest BCUT2D eigenvalue weighted by atomic mass is 10.2. The normalized spacial score (nSPS) is 10.4. The highest BCUT2D eigenvalue weighted by Crippen LogP contribution is 2.31. The van der Waals surface area contributed by atoms with Crippen LogP contribution in [-0.2, 0) is 22.4 Å². The van der Waals surface area contributed by atoms with Gasteiger partial charge < -0.3 is 14.8 Å². The van der Waals surface area contributed by atoms with Crippen molar-refractivity contribution < 1.29 is 24.0 Å². The van der Waals surface area contributed by atoms with E-state index in [4.69, 9.17) is 9.47 Å². The second-order valence-electron chi connectivity index (χ2n) is 5.69. The molecule has 3 rings (SSSR count). The Morgan fingerprint density at radius 2 is 2.07 bits per heavy atom. The first-order chi connectivity index (χ1) is 13.9. The number of nitrogens with one attached hydrogen (secondary N) is 1. The fourth-order valence-electron chi connectivity index (χ4n) is 2.34. The standard InChI is InChI=1S/C18H15N3O6S2/c1-26-12-4-5-15(14(8-12)21(24)25)27-17(23)7-11-10-29-18(19-11)20-16(22)9-13-3-2-6-28-13/h2-6,8,10H,7,9H2,1H3,(H,19,20,22). The summed E-state index contributed by atoms with van der Waals surface area (Å²) in [5, 5.41) is 17.7. The van der Waals surface area contributed by atoms with E-state index >= 15 is 0 Å². The number of aromatic nitrogens is 1. The van der Waals surface area contributed by atoms with Crippen molar-refractivity contribution in [3.05, 3.63) is 61.8 Å². The number of anilines is 1. The summed E-state index contributed by atoms with van der Waals surface area (Å²) in [5.74, 6) is -0.816. The number of nitro benzene ring substituents is 1. The fraction of sp³-hybridized carbons (Fsp3) is 0.167. The minimum Gasteiger partial charge on any atom is -0.496 e. The van der Waals surface area contributed by atoms with E-state index in [9.17, 15) is 19.7 Å². The van der Waals surface area contributed by atoms with Crippen LogP contribution >= 0.6 is 22.7 Å². The number of nitrogens with zero attached hydrogens (tertiary/aromatic N) is 2. The molecule has 0 aliphatic rings. The molecule has 0 unspecified atom stereocenters. The average molecular weight is 433 g/mol. The van der Waals surface area contributed by atoms with Crippen LogP contribution in [0, 0.1) is 10.1 Å². The quantitative estimate of drug-likeness (QED) is 0.250. The summed E-state index contributed by atoms with van der Waals surface area (Å²) in [6.07, 6.45) is 0.0518. The lowest BCUT2D eigenvalue weighted by molar-refractivity contribution is -0.385. The Balaban J connectivity index is 1.59. The van der Waals surface area contributed by atoms with Crippen molar-refractivity contribution in [3.63, 3.8) is 0 Å². The third-order valence-corrected chi connectivity index (χ3v) is 5.31. The van der Waals surface area contributed by atoms with Gasteiger partial charge in [0.25, 0.3) is 0 Å². The number of hydrogen-bond donors (Lipinski definition) is 1. The topological polar surface area (TPSA) is 121 Å². The van der Waals surface area contributed by atoms with E-state index in [1.165, 1.54) is 48.0 Å². The fourth-order valence-corrected chi connectivity index (χ4v) is 3.77. The van der Waals surface area contributed by atoms with E-state index in [0.717, 1.165) is 4.88 Å². The van der Waals surface area contributed by atoms with Gasteiger partial charge in [0.05, 0.1) is 36.6 Å². The molecule has 0 fully saturated rings. The number of carbonyl (C=O) groups excluding carboxylic acids is 2. The van der Waals surface area contributed by atoms with Gasteiger partial charge in [-0.3, -0.25) is 19.7 Å². The second kappa shape index (κ2) is 9.26. The van der Waals surface area contributed by atoms with E-state index in [1.54, 1.807) is 5.38 Å². The Morgan fingerprint density at radius 3 is 2.76 bits per heavy atom. The van der Waals surface area contributed by atoms with Crippen LogP contribution in [0.1, 0.15) is 10.6 Å². The zero-order valence-electron chi connectivity index (χ0n) is 15.1. The first kappa shape index (κ1) is 20.4. The summed E-state index contributed by atoms with van der Waals surface area (Å²) in [6.45, 7) is 0. The van der Waals surface area contributed by atoms with Crippen molar-refractivity contribution in [2.75, 3.05) is 12.4 Å². The van der Waals surface area contributed by atoms with E-state index in [2.05, 4.69) is 10.3 Å². The maximum Gasteiger partial charge on any atom is 0.317 e. The van der Waals surface area contributed by atoms with Crippen molar-refractivity contribution in [2.24, 2.45) is 0 Å². The molecule has 1 N–H and O–H groups in total. The molecule has 29 heavy (non-hydrogen) atoms. The molecule has 0 radical (unpaired) electrons. The number of amides is 1. The summed E-state index contributed by atoms with van der Waals surface area (Å²) >= 11 is 2.67. The molecular formula is C18H15N3O6S2. The maximum atomic E-state index is 12.2. The van der Waals surface area contributed by atoms with Gasteiger partial charge in [-0.2, -0.15) is 0 Å². The third kappa shape index (κ3) is 5.59.